The van der Waals surface area contributed by atoms with Crippen molar-refractivity contribution in [2.24, 2.45) is 5.73 Å². The molecule has 0 radical (unpaired) electrons. The van der Waals surface area contributed by atoms with Crippen molar-refractivity contribution >= 4 is 29.2 Å². The van der Waals surface area contributed by atoms with Gasteiger partial charge in [-0.1, -0.05) is 12.1 Å². The zero-order valence-corrected chi connectivity index (χ0v) is 16.2. The van der Waals surface area contributed by atoms with Crippen molar-refractivity contribution in [1.29, 1.82) is 0 Å². The van der Waals surface area contributed by atoms with Gasteiger partial charge in [0, 0.05) is 31.6 Å². The lowest BCUT2D eigenvalue weighted by Crippen LogP contribution is -2.51. The van der Waals surface area contributed by atoms with Gasteiger partial charge in [0.15, 0.2) is 0 Å². The van der Waals surface area contributed by atoms with Crippen LogP contribution in [0.25, 0.3) is 10.9 Å². The van der Waals surface area contributed by atoms with E-state index in [0.29, 0.717) is 18.4 Å². The fourth-order valence-corrected chi connectivity index (χ4v) is 3.67. The Morgan fingerprint density at radius 1 is 1.38 bits per heavy atom. The van der Waals surface area contributed by atoms with Gasteiger partial charge in [-0.2, -0.15) is 0 Å². The third kappa shape index (κ3) is 4.07. The van der Waals surface area contributed by atoms with E-state index in [4.69, 9.17) is 5.73 Å². The number of para-hydroxylation sites is 1. The molecule has 142 valence electrons. The van der Waals surface area contributed by atoms with E-state index in [9.17, 15) is 9.59 Å². The highest BCUT2D eigenvalue weighted by Gasteiger charge is 2.28. The van der Waals surface area contributed by atoms with Crippen LogP contribution in [0.1, 0.15) is 38.2 Å². The van der Waals surface area contributed by atoms with Gasteiger partial charge in [0.2, 0.25) is 5.91 Å². The number of amides is 1. The summed E-state index contributed by atoms with van der Waals surface area (Å²) in [6, 6.07) is 5.66. The molecule has 1 fully saturated rings. The minimum Gasteiger partial charge on any atom is -0.338 e. The number of nitrogens with two attached hydrogens (primary N) is 1. The second kappa shape index (κ2) is 8.64. The zero-order chi connectivity index (χ0) is 18.0. The molecule has 1 aliphatic rings. The van der Waals surface area contributed by atoms with E-state index in [1.807, 2.05) is 30.9 Å². The summed E-state index contributed by atoms with van der Waals surface area (Å²) >= 11 is 0. The van der Waals surface area contributed by atoms with Crippen LogP contribution >= 0.6 is 12.4 Å². The number of carbonyl (C=O) groups is 1. The van der Waals surface area contributed by atoms with E-state index in [-0.39, 0.29) is 36.0 Å². The van der Waals surface area contributed by atoms with Crippen LogP contribution in [0.4, 0.5) is 0 Å². The van der Waals surface area contributed by atoms with E-state index < -0.39 is 0 Å². The monoisotopic (exact) mass is 378 g/mol. The van der Waals surface area contributed by atoms with Crippen molar-refractivity contribution in [3.05, 3.63) is 40.4 Å². The van der Waals surface area contributed by atoms with E-state index in [2.05, 4.69) is 4.98 Å². The molecule has 2 atom stereocenters. The topological polar surface area (TPSA) is 81.2 Å². The first-order valence-corrected chi connectivity index (χ1v) is 8.99. The van der Waals surface area contributed by atoms with Crippen LogP contribution in [0.3, 0.4) is 0 Å². The highest BCUT2D eigenvalue weighted by Crippen LogP contribution is 2.20. The lowest BCUT2D eigenvalue weighted by molar-refractivity contribution is -0.135. The molecule has 3 rings (SSSR count). The molecule has 1 aliphatic heterocycles. The van der Waals surface area contributed by atoms with Crippen LogP contribution in [0.2, 0.25) is 0 Å². The standard InChI is InChI=1S/C19H26N4O2.ClH/c1-13-6-5-7-15-18(13)21-12-22(19(15)25)11-9-17(24)23-10-4-3-8-16(23)14(2)20;/h5-7,12,14,16H,3-4,8-11,20H2,1-2H3;1H. The van der Waals surface area contributed by atoms with Crippen LogP contribution in [0.15, 0.2) is 29.3 Å². The summed E-state index contributed by atoms with van der Waals surface area (Å²) < 4.78 is 1.53. The maximum absolute atomic E-state index is 12.6. The highest BCUT2D eigenvalue weighted by atomic mass is 35.5. The molecule has 0 bridgehead atoms. The first-order chi connectivity index (χ1) is 12.0. The van der Waals surface area contributed by atoms with Crippen molar-refractivity contribution in [2.45, 2.75) is 58.2 Å². The number of hydrogen-bond donors (Lipinski definition) is 1. The van der Waals surface area contributed by atoms with Gasteiger partial charge >= 0.3 is 0 Å². The minimum atomic E-state index is -0.0936. The predicted molar refractivity (Wildman–Crippen MR) is 106 cm³/mol. The van der Waals surface area contributed by atoms with Crippen LogP contribution in [-0.4, -0.2) is 39.0 Å². The number of aromatic nitrogens is 2. The van der Waals surface area contributed by atoms with E-state index >= 15 is 0 Å². The van der Waals surface area contributed by atoms with Gasteiger partial charge in [-0.25, -0.2) is 4.98 Å². The Labute approximate surface area is 159 Å². The van der Waals surface area contributed by atoms with Crippen LogP contribution < -0.4 is 11.3 Å². The number of nitrogens with zero attached hydrogens (tertiary/aromatic N) is 3. The first kappa shape index (κ1) is 20.4. The lowest BCUT2D eigenvalue weighted by atomic mass is 9.96. The fourth-order valence-electron chi connectivity index (χ4n) is 3.67. The number of carbonyl (C=O) groups excluding carboxylic acids is 1. The molecule has 2 N–H and O–H groups in total. The van der Waals surface area contributed by atoms with Gasteiger partial charge in [0.1, 0.15) is 0 Å². The molecular weight excluding hydrogens is 352 g/mol. The largest absolute Gasteiger partial charge is 0.338 e. The Kier molecular flexibility index (Phi) is 6.78. The summed E-state index contributed by atoms with van der Waals surface area (Å²) in [6.45, 7) is 5.00. The second-order valence-electron chi connectivity index (χ2n) is 6.97. The summed E-state index contributed by atoms with van der Waals surface area (Å²) in [6.07, 6.45) is 4.93. The Morgan fingerprint density at radius 3 is 2.88 bits per heavy atom. The molecular formula is C19H27ClN4O2. The molecule has 1 aromatic heterocycles. The number of aryl methyl sites for hydroxylation is 2. The summed E-state index contributed by atoms with van der Waals surface area (Å²) in [5, 5.41) is 0.598. The molecule has 0 spiro atoms. The Bertz CT molecular complexity index is 834. The van der Waals surface area contributed by atoms with Gasteiger partial charge in [-0.3, -0.25) is 14.2 Å². The molecule has 2 unspecified atom stereocenters. The first-order valence-electron chi connectivity index (χ1n) is 8.99. The van der Waals surface area contributed by atoms with Crippen LogP contribution in [-0.2, 0) is 11.3 Å². The number of halogens is 1. The second-order valence-corrected chi connectivity index (χ2v) is 6.97. The maximum Gasteiger partial charge on any atom is 0.261 e. The number of likely N-dealkylation sites (tertiary alicyclic amines) is 1. The van der Waals surface area contributed by atoms with Crippen molar-refractivity contribution in [2.75, 3.05) is 6.54 Å². The molecule has 2 aromatic rings. The molecule has 1 amide bonds. The van der Waals surface area contributed by atoms with E-state index in [1.54, 1.807) is 12.4 Å². The van der Waals surface area contributed by atoms with Gasteiger partial charge in [-0.15, -0.1) is 12.4 Å². The lowest BCUT2D eigenvalue weighted by Gasteiger charge is -2.38. The molecule has 2 heterocycles. The average molecular weight is 379 g/mol. The van der Waals surface area contributed by atoms with Gasteiger partial charge in [0.25, 0.3) is 5.56 Å². The Hall–Kier alpha value is -1.92. The van der Waals surface area contributed by atoms with Crippen LogP contribution in [0, 0.1) is 6.92 Å². The minimum absolute atomic E-state index is 0. The summed E-state index contributed by atoms with van der Waals surface area (Å²) in [5.74, 6) is 0.0678. The molecule has 6 nitrogen and oxygen atoms in total. The molecule has 1 saturated heterocycles. The van der Waals surface area contributed by atoms with E-state index in [1.165, 1.54) is 4.57 Å². The summed E-state index contributed by atoms with van der Waals surface area (Å²) in [5.41, 5.74) is 7.65. The molecule has 7 heteroatoms. The van der Waals surface area contributed by atoms with Crippen molar-refractivity contribution in [3.8, 4) is 0 Å². The van der Waals surface area contributed by atoms with Crippen molar-refractivity contribution in [3.63, 3.8) is 0 Å². The highest BCUT2D eigenvalue weighted by molar-refractivity contribution is 5.85. The molecule has 0 saturated carbocycles. The Morgan fingerprint density at radius 2 is 2.15 bits per heavy atom. The zero-order valence-electron chi connectivity index (χ0n) is 15.4. The summed E-state index contributed by atoms with van der Waals surface area (Å²) in [4.78, 5) is 31.6. The summed E-state index contributed by atoms with van der Waals surface area (Å²) in [7, 11) is 0. The number of rotatable bonds is 4. The number of benzene rings is 1. The third-order valence-electron chi connectivity index (χ3n) is 5.10. The van der Waals surface area contributed by atoms with E-state index in [0.717, 1.165) is 36.9 Å². The maximum atomic E-state index is 12.6. The van der Waals surface area contributed by atoms with Gasteiger partial charge in [0.05, 0.1) is 17.2 Å². The van der Waals surface area contributed by atoms with Gasteiger partial charge in [-0.05, 0) is 44.7 Å². The molecule has 26 heavy (non-hydrogen) atoms. The number of piperidine rings is 1. The SMILES string of the molecule is Cc1cccc2c(=O)n(CCC(=O)N3CCCCC3C(C)N)cnc12.Cl. The van der Waals surface area contributed by atoms with Crippen molar-refractivity contribution in [1.82, 2.24) is 14.5 Å². The number of fused-ring (bicyclic) bond motifs is 1. The fraction of sp³-hybridized carbons (Fsp3) is 0.526. The quantitative estimate of drug-likeness (QED) is 0.884. The predicted octanol–water partition coefficient (Wildman–Crippen LogP) is 2.25. The number of hydrogen-bond acceptors (Lipinski definition) is 4. The van der Waals surface area contributed by atoms with Crippen molar-refractivity contribution < 1.29 is 4.79 Å². The third-order valence-corrected chi connectivity index (χ3v) is 5.10. The normalized spacial score (nSPS) is 18.4. The average Bonchev–Trinajstić information content (AvgIpc) is 2.61. The molecule has 1 aromatic carbocycles. The Balaban J connectivity index is 0.00000243. The van der Waals surface area contributed by atoms with Crippen LogP contribution in [0.5, 0.6) is 0 Å². The smallest absolute Gasteiger partial charge is 0.261 e. The van der Waals surface area contributed by atoms with Gasteiger partial charge < -0.3 is 10.6 Å². The molecule has 0 aliphatic carbocycles.